The van der Waals surface area contributed by atoms with Crippen LogP contribution in [-0.2, 0) is 4.79 Å². The fourth-order valence-electron chi connectivity index (χ4n) is 2.21. The van der Waals surface area contributed by atoms with Crippen molar-refractivity contribution < 1.29 is 4.79 Å². The molecule has 5 heteroatoms. The summed E-state index contributed by atoms with van der Waals surface area (Å²) < 4.78 is 0. The Hall–Kier alpha value is -2.50. The van der Waals surface area contributed by atoms with Crippen molar-refractivity contribution in [3.05, 3.63) is 60.7 Å². The highest BCUT2D eigenvalue weighted by molar-refractivity contribution is 7.19. The predicted octanol–water partition coefficient (Wildman–Crippen LogP) is 4.15. The lowest BCUT2D eigenvalue weighted by Crippen LogP contribution is -2.45. The number of aromatic nitrogens is 1. The van der Waals surface area contributed by atoms with E-state index in [1.807, 2.05) is 60.7 Å². The second-order valence-electron chi connectivity index (χ2n) is 6.10. The summed E-state index contributed by atoms with van der Waals surface area (Å²) >= 11 is 1.45. The number of carbonyl (C=O) groups is 1. The first-order chi connectivity index (χ1) is 11.4. The number of thiazole rings is 1. The molecular weight excluding hydrogens is 318 g/mol. The number of hydrogen-bond acceptors (Lipinski definition) is 4. The second-order valence-corrected chi connectivity index (χ2v) is 7.10. The van der Waals surface area contributed by atoms with Crippen molar-refractivity contribution in [1.29, 1.82) is 0 Å². The smallest absolute Gasteiger partial charge is 0.245 e. The molecule has 3 N–H and O–H groups in total. The van der Waals surface area contributed by atoms with Gasteiger partial charge in [-0.15, -0.1) is 0 Å². The molecular formula is C19H19N3OS. The summed E-state index contributed by atoms with van der Waals surface area (Å²) in [6, 6.07) is 20.0. The number of benzene rings is 2. The van der Waals surface area contributed by atoms with E-state index in [1.54, 1.807) is 13.8 Å². The first-order valence-corrected chi connectivity index (χ1v) is 8.49. The Balaban J connectivity index is 2.05. The van der Waals surface area contributed by atoms with E-state index in [9.17, 15) is 4.79 Å². The zero-order valence-corrected chi connectivity index (χ0v) is 14.4. The van der Waals surface area contributed by atoms with Crippen molar-refractivity contribution in [3.8, 4) is 21.7 Å². The molecule has 122 valence electrons. The number of anilines is 1. The molecule has 0 saturated heterocycles. The Morgan fingerprint density at radius 3 is 2.08 bits per heavy atom. The Morgan fingerprint density at radius 1 is 1.00 bits per heavy atom. The lowest BCUT2D eigenvalue weighted by atomic mass is 10.1. The Morgan fingerprint density at radius 2 is 1.54 bits per heavy atom. The molecule has 1 heterocycles. The molecule has 0 unspecified atom stereocenters. The molecule has 0 radical (unpaired) electrons. The van der Waals surface area contributed by atoms with E-state index in [-0.39, 0.29) is 5.91 Å². The van der Waals surface area contributed by atoms with Gasteiger partial charge in [-0.2, -0.15) is 0 Å². The van der Waals surface area contributed by atoms with Gasteiger partial charge in [0, 0.05) is 5.56 Å². The molecule has 3 rings (SSSR count). The number of hydrogen-bond donors (Lipinski definition) is 2. The van der Waals surface area contributed by atoms with Gasteiger partial charge in [0.05, 0.1) is 16.1 Å². The molecule has 0 saturated carbocycles. The maximum Gasteiger partial charge on any atom is 0.245 e. The van der Waals surface area contributed by atoms with Crippen molar-refractivity contribution in [2.45, 2.75) is 19.4 Å². The summed E-state index contributed by atoms with van der Waals surface area (Å²) in [5.74, 6) is -0.254. The van der Waals surface area contributed by atoms with Crippen LogP contribution in [0.1, 0.15) is 13.8 Å². The third-order valence-electron chi connectivity index (χ3n) is 3.52. The SMILES string of the molecule is CC(C)(N)C(=O)Nc1nc(-c2ccccc2)c(-c2ccccc2)s1. The van der Waals surface area contributed by atoms with E-state index in [1.165, 1.54) is 11.3 Å². The van der Waals surface area contributed by atoms with Crippen LogP contribution in [0.2, 0.25) is 0 Å². The van der Waals surface area contributed by atoms with Crippen LogP contribution in [0.15, 0.2) is 60.7 Å². The topological polar surface area (TPSA) is 68.0 Å². The zero-order chi connectivity index (χ0) is 17.2. The van der Waals surface area contributed by atoms with Gasteiger partial charge in [-0.05, 0) is 19.4 Å². The van der Waals surface area contributed by atoms with Crippen molar-refractivity contribution in [2.24, 2.45) is 5.73 Å². The van der Waals surface area contributed by atoms with Crippen LogP contribution >= 0.6 is 11.3 Å². The van der Waals surface area contributed by atoms with Crippen LogP contribution in [0.5, 0.6) is 0 Å². The quantitative estimate of drug-likeness (QED) is 0.751. The lowest BCUT2D eigenvalue weighted by Gasteiger charge is -2.16. The van der Waals surface area contributed by atoms with Crippen LogP contribution in [0.25, 0.3) is 21.7 Å². The summed E-state index contributed by atoms with van der Waals surface area (Å²) in [6.07, 6.45) is 0. The lowest BCUT2D eigenvalue weighted by molar-refractivity contribution is -0.120. The van der Waals surface area contributed by atoms with E-state index in [4.69, 9.17) is 5.73 Å². The average molecular weight is 337 g/mol. The van der Waals surface area contributed by atoms with E-state index in [0.717, 1.165) is 21.7 Å². The van der Waals surface area contributed by atoms with Gasteiger partial charge in [-0.25, -0.2) is 4.98 Å². The maximum atomic E-state index is 12.2. The highest BCUT2D eigenvalue weighted by Crippen LogP contribution is 2.38. The predicted molar refractivity (Wildman–Crippen MR) is 99.9 cm³/mol. The van der Waals surface area contributed by atoms with Gasteiger partial charge in [0.25, 0.3) is 0 Å². The van der Waals surface area contributed by atoms with Gasteiger partial charge in [-0.3, -0.25) is 4.79 Å². The number of nitrogens with two attached hydrogens (primary N) is 1. The summed E-state index contributed by atoms with van der Waals surface area (Å²) in [6.45, 7) is 3.35. The molecule has 0 atom stereocenters. The largest absolute Gasteiger partial charge is 0.318 e. The third-order valence-corrected chi connectivity index (χ3v) is 4.54. The second kappa shape index (κ2) is 6.55. The number of rotatable bonds is 4. The highest BCUT2D eigenvalue weighted by Gasteiger charge is 2.24. The first kappa shape index (κ1) is 16.4. The molecule has 4 nitrogen and oxygen atoms in total. The molecule has 0 aliphatic rings. The van der Waals surface area contributed by atoms with E-state index in [2.05, 4.69) is 10.3 Å². The molecule has 1 amide bonds. The normalized spacial score (nSPS) is 11.3. The monoisotopic (exact) mass is 337 g/mol. The molecule has 3 aromatic rings. The summed E-state index contributed by atoms with van der Waals surface area (Å²) in [5.41, 5.74) is 7.85. The summed E-state index contributed by atoms with van der Waals surface area (Å²) in [4.78, 5) is 17.8. The Labute approximate surface area is 145 Å². The zero-order valence-electron chi connectivity index (χ0n) is 13.6. The van der Waals surface area contributed by atoms with Gasteiger partial charge in [0.15, 0.2) is 5.13 Å². The summed E-state index contributed by atoms with van der Waals surface area (Å²) in [7, 11) is 0. The molecule has 0 aliphatic carbocycles. The number of nitrogens with one attached hydrogen (secondary N) is 1. The van der Waals surface area contributed by atoms with Crippen molar-refractivity contribution in [1.82, 2.24) is 4.98 Å². The average Bonchev–Trinajstić information content (AvgIpc) is 2.99. The van der Waals surface area contributed by atoms with Gasteiger partial charge < -0.3 is 11.1 Å². The van der Waals surface area contributed by atoms with E-state index in [0.29, 0.717) is 5.13 Å². The fraction of sp³-hybridized carbons (Fsp3) is 0.158. The summed E-state index contributed by atoms with van der Waals surface area (Å²) in [5, 5.41) is 3.38. The number of nitrogens with zero attached hydrogens (tertiary/aromatic N) is 1. The first-order valence-electron chi connectivity index (χ1n) is 7.67. The molecule has 0 spiro atoms. The van der Waals surface area contributed by atoms with Crippen LogP contribution in [0.4, 0.5) is 5.13 Å². The van der Waals surface area contributed by atoms with E-state index >= 15 is 0 Å². The molecule has 0 fully saturated rings. The standard InChI is InChI=1S/C19H19N3OS/c1-19(2,20)17(23)22-18-21-15(13-9-5-3-6-10-13)16(24-18)14-11-7-4-8-12-14/h3-12H,20H2,1-2H3,(H,21,22,23). The minimum absolute atomic E-state index is 0.254. The Bertz CT molecular complexity index is 779. The van der Waals surface area contributed by atoms with E-state index < -0.39 is 5.54 Å². The van der Waals surface area contributed by atoms with Crippen LogP contribution in [0.3, 0.4) is 0 Å². The van der Waals surface area contributed by atoms with Crippen LogP contribution < -0.4 is 11.1 Å². The minimum atomic E-state index is -0.953. The van der Waals surface area contributed by atoms with Crippen LogP contribution in [0, 0.1) is 0 Å². The maximum absolute atomic E-state index is 12.2. The van der Waals surface area contributed by atoms with Gasteiger partial charge in [0.2, 0.25) is 5.91 Å². The molecule has 24 heavy (non-hydrogen) atoms. The molecule has 0 aliphatic heterocycles. The molecule has 1 aromatic heterocycles. The highest BCUT2D eigenvalue weighted by atomic mass is 32.1. The minimum Gasteiger partial charge on any atom is -0.318 e. The number of carbonyl (C=O) groups excluding carboxylic acids is 1. The van der Waals surface area contributed by atoms with Gasteiger partial charge in [-0.1, -0.05) is 72.0 Å². The van der Waals surface area contributed by atoms with Crippen molar-refractivity contribution in [2.75, 3.05) is 5.32 Å². The van der Waals surface area contributed by atoms with Crippen molar-refractivity contribution in [3.63, 3.8) is 0 Å². The van der Waals surface area contributed by atoms with Gasteiger partial charge >= 0.3 is 0 Å². The fourth-order valence-corrected chi connectivity index (χ4v) is 3.20. The van der Waals surface area contributed by atoms with Crippen LogP contribution in [-0.4, -0.2) is 16.4 Å². The third kappa shape index (κ3) is 3.53. The molecule has 2 aromatic carbocycles. The Kier molecular flexibility index (Phi) is 4.46. The molecule has 0 bridgehead atoms. The number of amides is 1. The van der Waals surface area contributed by atoms with Gasteiger partial charge in [0.1, 0.15) is 0 Å². The van der Waals surface area contributed by atoms with Crippen molar-refractivity contribution >= 4 is 22.4 Å².